The number of halogens is 1. The van der Waals surface area contributed by atoms with Crippen molar-refractivity contribution in [3.8, 4) is 11.4 Å². The normalized spacial score (nSPS) is 11.5. The standard InChI is InChI=1S/C17H22ClN3/c1-5-9-19-15-11-14(17(2,3)4)20-16(21-15)12-7-6-8-13(18)10-12/h6-8,10-11H,5,9H2,1-4H3,(H,19,20,21). The van der Waals surface area contributed by atoms with Crippen LogP contribution in [0.4, 0.5) is 5.82 Å². The van der Waals surface area contributed by atoms with E-state index in [1.54, 1.807) is 0 Å². The molecular weight excluding hydrogens is 282 g/mol. The Hall–Kier alpha value is -1.61. The average molecular weight is 304 g/mol. The maximum absolute atomic E-state index is 6.08. The highest BCUT2D eigenvalue weighted by Crippen LogP contribution is 2.26. The SMILES string of the molecule is CCCNc1cc(C(C)(C)C)nc(-c2cccc(Cl)c2)n1. The number of benzene rings is 1. The summed E-state index contributed by atoms with van der Waals surface area (Å²) >= 11 is 6.08. The molecule has 0 radical (unpaired) electrons. The highest BCUT2D eigenvalue weighted by atomic mass is 35.5. The van der Waals surface area contributed by atoms with Crippen molar-refractivity contribution < 1.29 is 0 Å². The summed E-state index contributed by atoms with van der Waals surface area (Å²) < 4.78 is 0. The molecule has 21 heavy (non-hydrogen) atoms. The quantitative estimate of drug-likeness (QED) is 0.871. The second-order valence-electron chi connectivity index (χ2n) is 6.15. The molecule has 1 aromatic carbocycles. The zero-order valence-corrected chi connectivity index (χ0v) is 13.8. The Morgan fingerprint density at radius 1 is 1.14 bits per heavy atom. The first-order valence-corrected chi connectivity index (χ1v) is 7.67. The Balaban J connectivity index is 2.49. The number of rotatable bonds is 4. The molecule has 0 amide bonds. The number of hydrogen-bond donors (Lipinski definition) is 1. The summed E-state index contributed by atoms with van der Waals surface area (Å²) in [6.07, 6.45) is 1.06. The number of aromatic nitrogens is 2. The lowest BCUT2D eigenvalue weighted by molar-refractivity contribution is 0.568. The molecule has 0 aliphatic heterocycles. The first-order valence-electron chi connectivity index (χ1n) is 7.29. The van der Waals surface area contributed by atoms with E-state index in [2.05, 4.69) is 38.0 Å². The summed E-state index contributed by atoms with van der Waals surface area (Å²) in [4.78, 5) is 9.33. The van der Waals surface area contributed by atoms with E-state index in [0.29, 0.717) is 10.8 Å². The van der Waals surface area contributed by atoms with E-state index in [4.69, 9.17) is 16.6 Å². The Morgan fingerprint density at radius 3 is 2.52 bits per heavy atom. The lowest BCUT2D eigenvalue weighted by Crippen LogP contribution is -2.16. The molecule has 1 aromatic heterocycles. The summed E-state index contributed by atoms with van der Waals surface area (Å²) in [6, 6.07) is 9.69. The van der Waals surface area contributed by atoms with Crippen LogP contribution in [0.25, 0.3) is 11.4 Å². The molecule has 0 fully saturated rings. The van der Waals surface area contributed by atoms with Crippen LogP contribution in [0.15, 0.2) is 30.3 Å². The van der Waals surface area contributed by atoms with Gasteiger partial charge < -0.3 is 5.32 Å². The van der Waals surface area contributed by atoms with Gasteiger partial charge in [0.15, 0.2) is 5.82 Å². The lowest BCUT2D eigenvalue weighted by Gasteiger charge is -2.20. The largest absolute Gasteiger partial charge is 0.370 e. The van der Waals surface area contributed by atoms with Crippen LogP contribution in [0.2, 0.25) is 5.02 Å². The highest BCUT2D eigenvalue weighted by molar-refractivity contribution is 6.30. The number of anilines is 1. The molecule has 0 aliphatic carbocycles. The fourth-order valence-electron chi connectivity index (χ4n) is 1.93. The Labute approximate surface area is 131 Å². The molecule has 0 saturated heterocycles. The third-order valence-electron chi connectivity index (χ3n) is 3.13. The topological polar surface area (TPSA) is 37.8 Å². The summed E-state index contributed by atoms with van der Waals surface area (Å²) in [5.74, 6) is 1.58. The van der Waals surface area contributed by atoms with E-state index in [0.717, 1.165) is 30.0 Å². The molecule has 0 unspecified atom stereocenters. The smallest absolute Gasteiger partial charge is 0.161 e. The maximum Gasteiger partial charge on any atom is 0.161 e. The predicted octanol–water partition coefficient (Wildman–Crippen LogP) is 4.92. The Bertz CT molecular complexity index is 618. The molecule has 0 saturated carbocycles. The lowest BCUT2D eigenvalue weighted by atomic mass is 9.91. The fourth-order valence-corrected chi connectivity index (χ4v) is 2.12. The molecular formula is C17H22ClN3. The molecule has 1 heterocycles. The molecule has 112 valence electrons. The van der Waals surface area contributed by atoms with Gasteiger partial charge in [-0.3, -0.25) is 0 Å². The van der Waals surface area contributed by atoms with Gasteiger partial charge >= 0.3 is 0 Å². The van der Waals surface area contributed by atoms with E-state index < -0.39 is 0 Å². The number of nitrogens with zero attached hydrogens (tertiary/aromatic N) is 2. The van der Waals surface area contributed by atoms with Gasteiger partial charge in [-0.05, 0) is 18.6 Å². The van der Waals surface area contributed by atoms with Crippen LogP contribution >= 0.6 is 11.6 Å². The van der Waals surface area contributed by atoms with E-state index in [9.17, 15) is 0 Å². The molecule has 3 nitrogen and oxygen atoms in total. The van der Waals surface area contributed by atoms with E-state index in [1.165, 1.54) is 0 Å². The van der Waals surface area contributed by atoms with Crippen molar-refractivity contribution >= 4 is 17.4 Å². The molecule has 0 spiro atoms. The monoisotopic (exact) mass is 303 g/mol. The molecule has 0 atom stereocenters. The predicted molar refractivity (Wildman–Crippen MR) is 90.0 cm³/mol. The molecule has 0 aliphatic rings. The minimum absolute atomic E-state index is 0.0289. The Morgan fingerprint density at radius 2 is 1.90 bits per heavy atom. The van der Waals surface area contributed by atoms with Gasteiger partial charge in [0.05, 0.1) is 5.69 Å². The molecule has 2 aromatic rings. The van der Waals surface area contributed by atoms with Gasteiger partial charge in [-0.25, -0.2) is 9.97 Å². The van der Waals surface area contributed by atoms with Gasteiger partial charge in [0.2, 0.25) is 0 Å². The van der Waals surface area contributed by atoms with Gasteiger partial charge in [0.25, 0.3) is 0 Å². The zero-order valence-electron chi connectivity index (χ0n) is 13.1. The molecule has 2 rings (SSSR count). The molecule has 4 heteroatoms. The van der Waals surface area contributed by atoms with Crippen LogP contribution < -0.4 is 5.32 Å². The van der Waals surface area contributed by atoms with E-state index >= 15 is 0 Å². The minimum atomic E-state index is -0.0289. The van der Waals surface area contributed by atoms with Crippen molar-refractivity contribution in [1.82, 2.24) is 9.97 Å². The average Bonchev–Trinajstić information content (AvgIpc) is 2.44. The van der Waals surface area contributed by atoms with Crippen molar-refractivity contribution in [1.29, 1.82) is 0 Å². The van der Waals surface area contributed by atoms with Crippen LogP contribution in [0.3, 0.4) is 0 Å². The number of nitrogens with one attached hydrogen (secondary N) is 1. The summed E-state index contributed by atoms with van der Waals surface area (Å²) in [6.45, 7) is 9.49. The highest BCUT2D eigenvalue weighted by Gasteiger charge is 2.18. The summed E-state index contributed by atoms with van der Waals surface area (Å²) in [5.41, 5.74) is 1.93. The third-order valence-corrected chi connectivity index (χ3v) is 3.37. The zero-order chi connectivity index (χ0) is 15.5. The minimum Gasteiger partial charge on any atom is -0.370 e. The van der Waals surface area contributed by atoms with Crippen LogP contribution in [0.1, 0.15) is 39.8 Å². The van der Waals surface area contributed by atoms with Crippen molar-refractivity contribution in [2.75, 3.05) is 11.9 Å². The van der Waals surface area contributed by atoms with Crippen molar-refractivity contribution in [3.05, 3.63) is 41.0 Å². The van der Waals surface area contributed by atoms with Crippen molar-refractivity contribution in [2.45, 2.75) is 39.5 Å². The number of hydrogen-bond acceptors (Lipinski definition) is 3. The second-order valence-corrected chi connectivity index (χ2v) is 6.59. The first-order chi connectivity index (χ1) is 9.90. The molecule has 1 N–H and O–H groups in total. The van der Waals surface area contributed by atoms with Crippen LogP contribution in [-0.2, 0) is 5.41 Å². The summed E-state index contributed by atoms with van der Waals surface area (Å²) in [5, 5.41) is 4.04. The van der Waals surface area contributed by atoms with Crippen LogP contribution in [-0.4, -0.2) is 16.5 Å². The summed E-state index contributed by atoms with van der Waals surface area (Å²) in [7, 11) is 0. The molecule has 0 bridgehead atoms. The van der Waals surface area contributed by atoms with E-state index in [1.807, 2.05) is 30.3 Å². The van der Waals surface area contributed by atoms with Gasteiger partial charge in [-0.2, -0.15) is 0 Å². The fraction of sp³-hybridized carbons (Fsp3) is 0.412. The third kappa shape index (κ3) is 4.18. The Kier molecular flexibility index (Phi) is 4.84. The maximum atomic E-state index is 6.08. The van der Waals surface area contributed by atoms with Gasteiger partial charge in [-0.1, -0.05) is 51.4 Å². The van der Waals surface area contributed by atoms with E-state index in [-0.39, 0.29) is 5.41 Å². The van der Waals surface area contributed by atoms with Gasteiger partial charge in [0.1, 0.15) is 5.82 Å². The van der Waals surface area contributed by atoms with Crippen LogP contribution in [0, 0.1) is 0 Å². The first kappa shape index (κ1) is 15.8. The van der Waals surface area contributed by atoms with Gasteiger partial charge in [-0.15, -0.1) is 0 Å². The van der Waals surface area contributed by atoms with Gasteiger partial charge in [0, 0.05) is 28.6 Å². The van der Waals surface area contributed by atoms with Crippen molar-refractivity contribution in [2.24, 2.45) is 0 Å². The second kappa shape index (κ2) is 6.44. The van der Waals surface area contributed by atoms with Crippen molar-refractivity contribution in [3.63, 3.8) is 0 Å². The van der Waals surface area contributed by atoms with Crippen LogP contribution in [0.5, 0.6) is 0 Å².